The first-order valence-electron chi connectivity index (χ1n) is 6.97. The Kier molecular flexibility index (Phi) is 6.05. The molecule has 0 radical (unpaired) electrons. The summed E-state index contributed by atoms with van der Waals surface area (Å²) in [5.41, 5.74) is 2.92. The Hall–Kier alpha value is -0.510. The molecule has 0 atom stereocenters. The number of hydrogen-bond donors (Lipinski definition) is 1. The molecule has 3 heteroatoms. The molecule has 0 saturated carbocycles. The van der Waals surface area contributed by atoms with Crippen molar-refractivity contribution in [2.45, 2.75) is 19.9 Å². The van der Waals surface area contributed by atoms with Gasteiger partial charge in [0, 0.05) is 44.2 Å². The number of aryl methyl sites for hydroxylation is 1. The topological polar surface area (TPSA) is 15.3 Å². The molecule has 1 N–H and O–H groups in total. The summed E-state index contributed by atoms with van der Waals surface area (Å²) in [6.45, 7) is 8.05. The molecule has 2 rings (SSSR count). The van der Waals surface area contributed by atoms with Crippen molar-refractivity contribution in [1.82, 2.24) is 10.2 Å². The maximum atomic E-state index is 3.58. The van der Waals surface area contributed by atoms with Crippen LogP contribution in [0.1, 0.15) is 18.1 Å². The van der Waals surface area contributed by atoms with Gasteiger partial charge < -0.3 is 10.2 Å². The van der Waals surface area contributed by atoms with Crippen LogP contribution in [0, 0.1) is 0 Å². The zero-order valence-corrected chi connectivity index (χ0v) is 12.1. The molecule has 0 amide bonds. The molecule has 1 aliphatic heterocycles. The minimum atomic E-state index is 1.01. The van der Waals surface area contributed by atoms with Gasteiger partial charge in [-0.15, -0.1) is 0 Å². The van der Waals surface area contributed by atoms with E-state index >= 15 is 0 Å². The van der Waals surface area contributed by atoms with Gasteiger partial charge in [-0.2, -0.15) is 11.8 Å². The highest BCUT2D eigenvalue weighted by Crippen LogP contribution is 2.09. The average Bonchev–Trinajstić information content (AvgIpc) is 2.45. The van der Waals surface area contributed by atoms with Gasteiger partial charge in [-0.3, -0.25) is 0 Å². The zero-order valence-electron chi connectivity index (χ0n) is 11.3. The van der Waals surface area contributed by atoms with Crippen molar-refractivity contribution in [3.05, 3.63) is 35.4 Å². The first kappa shape index (κ1) is 13.9. The first-order valence-corrected chi connectivity index (χ1v) is 8.13. The molecule has 18 heavy (non-hydrogen) atoms. The molecule has 0 bridgehead atoms. The second-order valence-electron chi connectivity index (χ2n) is 4.75. The van der Waals surface area contributed by atoms with Crippen LogP contribution in [0.15, 0.2) is 24.3 Å². The van der Waals surface area contributed by atoms with Crippen LogP contribution in [0.3, 0.4) is 0 Å². The van der Waals surface area contributed by atoms with Crippen molar-refractivity contribution in [3.63, 3.8) is 0 Å². The quantitative estimate of drug-likeness (QED) is 0.794. The first-order chi connectivity index (χ1) is 8.90. The molecule has 1 saturated heterocycles. The van der Waals surface area contributed by atoms with Gasteiger partial charge in [-0.25, -0.2) is 0 Å². The van der Waals surface area contributed by atoms with Crippen LogP contribution in [0.4, 0.5) is 0 Å². The van der Waals surface area contributed by atoms with Gasteiger partial charge in [-0.1, -0.05) is 31.2 Å². The molecule has 1 aliphatic rings. The van der Waals surface area contributed by atoms with Gasteiger partial charge in [0.15, 0.2) is 0 Å². The second kappa shape index (κ2) is 7.82. The smallest absolute Gasteiger partial charge is 0.0208 e. The molecule has 1 fully saturated rings. The van der Waals surface area contributed by atoms with Crippen LogP contribution in [-0.4, -0.2) is 42.6 Å². The lowest BCUT2D eigenvalue weighted by Crippen LogP contribution is -2.37. The maximum absolute atomic E-state index is 3.58. The second-order valence-corrected chi connectivity index (χ2v) is 5.98. The van der Waals surface area contributed by atoms with Crippen molar-refractivity contribution < 1.29 is 0 Å². The highest BCUT2D eigenvalue weighted by Gasteiger charge is 2.09. The van der Waals surface area contributed by atoms with E-state index < -0.39 is 0 Å². The van der Waals surface area contributed by atoms with Crippen LogP contribution in [0.5, 0.6) is 0 Å². The molecule has 0 aromatic heterocycles. The molecule has 0 aliphatic carbocycles. The van der Waals surface area contributed by atoms with E-state index in [1.54, 1.807) is 0 Å². The van der Waals surface area contributed by atoms with Crippen LogP contribution < -0.4 is 5.32 Å². The van der Waals surface area contributed by atoms with E-state index in [4.69, 9.17) is 0 Å². The van der Waals surface area contributed by atoms with Crippen molar-refractivity contribution in [3.8, 4) is 0 Å². The minimum absolute atomic E-state index is 1.01. The Labute approximate surface area is 115 Å². The molecule has 1 heterocycles. The summed E-state index contributed by atoms with van der Waals surface area (Å²) < 4.78 is 0. The highest BCUT2D eigenvalue weighted by atomic mass is 32.2. The van der Waals surface area contributed by atoms with E-state index in [-0.39, 0.29) is 0 Å². The third kappa shape index (κ3) is 4.30. The van der Waals surface area contributed by atoms with Gasteiger partial charge >= 0.3 is 0 Å². The number of hydrogen-bond acceptors (Lipinski definition) is 3. The molecule has 2 nitrogen and oxygen atoms in total. The average molecular weight is 264 g/mol. The van der Waals surface area contributed by atoms with E-state index in [9.17, 15) is 0 Å². The Morgan fingerprint density at radius 1 is 1.17 bits per heavy atom. The van der Waals surface area contributed by atoms with Gasteiger partial charge in [0.25, 0.3) is 0 Å². The Balaban J connectivity index is 1.68. The van der Waals surface area contributed by atoms with Crippen molar-refractivity contribution in [1.29, 1.82) is 0 Å². The Morgan fingerprint density at radius 3 is 2.61 bits per heavy atom. The minimum Gasteiger partial charge on any atom is -0.311 e. The van der Waals surface area contributed by atoms with Crippen molar-refractivity contribution >= 4 is 11.8 Å². The molecule has 0 spiro atoms. The third-order valence-corrected chi connectivity index (χ3v) is 4.47. The van der Waals surface area contributed by atoms with Gasteiger partial charge in [0.05, 0.1) is 0 Å². The summed E-state index contributed by atoms with van der Waals surface area (Å²) in [6.07, 6.45) is 1.13. The van der Waals surface area contributed by atoms with Crippen LogP contribution in [0.2, 0.25) is 0 Å². The monoisotopic (exact) mass is 264 g/mol. The van der Waals surface area contributed by atoms with Crippen LogP contribution >= 0.6 is 11.8 Å². The summed E-state index contributed by atoms with van der Waals surface area (Å²) in [5.74, 6) is 2.61. The van der Waals surface area contributed by atoms with Crippen molar-refractivity contribution in [2.75, 3.05) is 37.7 Å². The fourth-order valence-corrected chi connectivity index (χ4v) is 3.34. The number of nitrogens with one attached hydrogen (secondary N) is 1. The predicted molar refractivity (Wildman–Crippen MR) is 81.3 cm³/mol. The number of rotatable bonds is 6. The normalized spacial score (nSPS) is 16.9. The van der Waals surface area contributed by atoms with Gasteiger partial charge in [0.2, 0.25) is 0 Å². The lowest BCUT2D eigenvalue weighted by atomic mass is 10.1. The SMILES string of the molecule is CCc1ccccc1CNCCN1CCSCC1. The summed E-state index contributed by atoms with van der Waals surface area (Å²) in [7, 11) is 0. The lowest BCUT2D eigenvalue weighted by molar-refractivity contribution is 0.301. The molecule has 100 valence electrons. The van der Waals surface area contributed by atoms with E-state index in [1.807, 2.05) is 0 Å². The number of thioether (sulfide) groups is 1. The molecule has 1 aromatic rings. The van der Waals surface area contributed by atoms with E-state index in [0.717, 1.165) is 19.5 Å². The predicted octanol–water partition coefficient (Wildman–Crippen LogP) is 2.39. The molecular formula is C15H24N2S. The summed E-state index contributed by atoms with van der Waals surface area (Å²) in [6, 6.07) is 8.74. The van der Waals surface area contributed by atoms with E-state index in [1.165, 1.54) is 42.3 Å². The third-order valence-electron chi connectivity index (χ3n) is 3.52. The largest absolute Gasteiger partial charge is 0.311 e. The van der Waals surface area contributed by atoms with Crippen LogP contribution in [0.25, 0.3) is 0 Å². The highest BCUT2D eigenvalue weighted by molar-refractivity contribution is 7.99. The molecule has 1 aromatic carbocycles. The Morgan fingerprint density at radius 2 is 1.89 bits per heavy atom. The fraction of sp³-hybridized carbons (Fsp3) is 0.600. The summed E-state index contributed by atoms with van der Waals surface area (Å²) in [4.78, 5) is 2.56. The van der Waals surface area contributed by atoms with E-state index in [0.29, 0.717) is 0 Å². The zero-order chi connectivity index (χ0) is 12.6. The van der Waals surface area contributed by atoms with Gasteiger partial charge in [-0.05, 0) is 17.5 Å². The van der Waals surface area contributed by atoms with E-state index in [2.05, 4.69) is 53.2 Å². The van der Waals surface area contributed by atoms with Crippen molar-refractivity contribution in [2.24, 2.45) is 0 Å². The standard InChI is InChI=1S/C15H24N2S/c1-2-14-5-3-4-6-15(14)13-16-7-8-17-9-11-18-12-10-17/h3-6,16H,2,7-13H2,1H3. The number of benzene rings is 1. The maximum Gasteiger partial charge on any atom is 0.0208 e. The summed E-state index contributed by atoms with van der Waals surface area (Å²) >= 11 is 2.08. The fourth-order valence-electron chi connectivity index (χ4n) is 2.36. The lowest BCUT2D eigenvalue weighted by Gasteiger charge is -2.26. The summed E-state index contributed by atoms with van der Waals surface area (Å²) in [5, 5.41) is 3.58. The number of nitrogens with zero attached hydrogens (tertiary/aromatic N) is 1. The Bertz CT molecular complexity index is 348. The molecule has 0 unspecified atom stereocenters. The molecular weight excluding hydrogens is 240 g/mol. The van der Waals surface area contributed by atoms with Gasteiger partial charge in [0.1, 0.15) is 0 Å². The van der Waals surface area contributed by atoms with Crippen LogP contribution in [-0.2, 0) is 13.0 Å².